The van der Waals surface area contributed by atoms with Crippen molar-refractivity contribution in [3.8, 4) is 5.82 Å². The van der Waals surface area contributed by atoms with Crippen molar-refractivity contribution < 1.29 is 4.79 Å². The highest BCUT2D eigenvalue weighted by atomic mass is 35.5. The summed E-state index contributed by atoms with van der Waals surface area (Å²) in [6.07, 6.45) is 11.4. The molecule has 1 amide bonds. The fourth-order valence-corrected chi connectivity index (χ4v) is 2.01. The summed E-state index contributed by atoms with van der Waals surface area (Å²) >= 11 is 0. The Kier molecular flexibility index (Phi) is 11.0. The van der Waals surface area contributed by atoms with Crippen LogP contribution in [0.2, 0.25) is 0 Å². The van der Waals surface area contributed by atoms with Gasteiger partial charge in [-0.2, -0.15) is 0 Å². The normalized spacial score (nSPS) is 9.61. The number of aromatic nitrogens is 3. The van der Waals surface area contributed by atoms with Gasteiger partial charge in [0, 0.05) is 18.8 Å². The number of hydrogen-bond donors (Lipinski definition) is 2. The number of halogens is 2. The molecular formula is C15H23Cl2N5O. The Morgan fingerprint density at radius 1 is 1.17 bits per heavy atom. The smallest absolute Gasteiger partial charge is 0.224 e. The number of unbranched alkanes of at least 4 members (excludes halogenated alkanes) is 3. The number of nitrogens with one attached hydrogen (secondary N) is 1. The lowest BCUT2D eigenvalue weighted by Crippen LogP contribution is -2.11. The summed E-state index contributed by atoms with van der Waals surface area (Å²) in [5.74, 6) is 0.798. The molecule has 3 N–H and O–H groups in total. The van der Waals surface area contributed by atoms with E-state index in [0.717, 1.165) is 38.0 Å². The lowest BCUT2D eigenvalue weighted by Gasteiger charge is -2.06. The molecule has 0 aliphatic carbocycles. The second-order valence-electron chi connectivity index (χ2n) is 4.88. The predicted octanol–water partition coefficient (Wildman–Crippen LogP) is 2.96. The molecule has 0 saturated carbocycles. The minimum Gasteiger partial charge on any atom is -0.330 e. The van der Waals surface area contributed by atoms with Crippen LogP contribution in [0.5, 0.6) is 0 Å². The molecule has 2 rings (SSSR count). The number of carbonyl (C=O) groups excluding carboxylic acids is 1. The Balaban J connectivity index is 0.00000242. The number of anilines is 1. The first kappa shape index (κ1) is 21.4. The molecule has 0 radical (unpaired) electrons. The van der Waals surface area contributed by atoms with E-state index in [9.17, 15) is 4.79 Å². The summed E-state index contributed by atoms with van der Waals surface area (Å²) < 4.78 is 1.81. The Hall–Kier alpha value is -1.63. The topological polar surface area (TPSA) is 85.8 Å². The number of hydrogen-bond acceptors (Lipinski definition) is 4. The first-order valence-corrected chi connectivity index (χ1v) is 7.24. The van der Waals surface area contributed by atoms with E-state index < -0.39 is 0 Å². The van der Waals surface area contributed by atoms with Gasteiger partial charge in [0.25, 0.3) is 0 Å². The molecule has 2 heterocycles. The van der Waals surface area contributed by atoms with Crippen LogP contribution in [-0.2, 0) is 4.79 Å². The lowest BCUT2D eigenvalue weighted by molar-refractivity contribution is -0.116. The quantitative estimate of drug-likeness (QED) is 0.709. The molecule has 0 fully saturated rings. The Morgan fingerprint density at radius 3 is 2.57 bits per heavy atom. The maximum absolute atomic E-state index is 11.8. The number of imidazole rings is 1. The van der Waals surface area contributed by atoms with Crippen molar-refractivity contribution in [3.63, 3.8) is 0 Å². The molecule has 0 unspecified atom stereocenters. The van der Waals surface area contributed by atoms with E-state index >= 15 is 0 Å². The number of nitrogens with two attached hydrogens (primary N) is 1. The molecule has 0 saturated heterocycles. The summed E-state index contributed by atoms with van der Waals surface area (Å²) in [4.78, 5) is 20.0. The maximum Gasteiger partial charge on any atom is 0.224 e. The van der Waals surface area contributed by atoms with E-state index in [1.54, 1.807) is 18.7 Å². The summed E-state index contributed by atoms with van der Waals surface area (Å²) in [5.41, 5.74) is 6.14. The summed E-state index contributed by atoms with van der Waals surface area (Å²) in [6.45, 7) is 0.723. The molecule has 6 nitrogen and oxygen atoms in total. The summed E-state index contributed by atoms with van der Waals surface area (Å²) in [7, 11) is 0. The zero-order valence-electron chi connectivity index (χ0n) is 12.9. The molecule has 2 aromatic heterocycles. The van der Waals surface area contributed by atoms with Crippen molar-refractivity contribution in [1.29, 1.82) is 0 Å². The monoisotopic (exact) mass is 359 g/mol. The second-order valence-corrected chi connectivity index (χ2v) is 4.88. The number of rotatable bonds is 8. The third kappa shape index (κ3) is 7.45. The molecule has 128 valence electrons. The maximum atomic E-state index is 11.8. The molecule has 0 bridgehead atoms. The average Bonchev–Trinajstić information content (AvgIpc) is 3.02. The zero-order valence-corrected chi connectivity index (χ0v) is 14.5. The van der Waals surface area contributed by atoms with E-state index in [1.165, 1.54) is 0 Å². The van der Waals surface area contributed by atoms with Crippen molar-refractivity contribution in [2.75, 3.05) is 11.9 Å². The Morgan fingerprint density at radius 2 is 1.96 bits per heavy atom. The summed E-state index contributed by atoms with van der Waals surface area (Å²) in [5, 5.41) is 2.85. The lowest BCUT2D eigenvalue weighted by atomic mass is 10.1. The predicted molar refractivity (Wildman–Crippen MR) is 96.6 cm³/mol. The van der Waals surface area contributed by atoms with E-state index in [4.69, 9.17) is 5.73 Å². The van der Waals surface area contributed by atoms with Crippen LogP contribution in [0, 0.1) is 0 Å². The van der Waals surface area contributed by atoms with Gasteiger partial charge in [-0.05, 0) is 31.5 Å². The first-order chi connectivity index (χ1) is 10.3. The largest absolute Gasteiger partial charge is 0.330 e. The fraction of sp³-hybridized carbons (Fsp3) is 0.400. The highest BCUT2D eigenvalue weighted by molar-refractivity contribution is 5.90. The van der Waals surface area contributed by atoms with Crippen LogP contribution < -0.4 is 11.1 Å². The van der Waals surface area contributed by atoms with Crippen molar-refractivity contribution in [2.24, 2.45) is 5.73 Å². The molecule has 0 aliphatic rings. The van der Waals surface area contributed by atoms with Crippen LogP contribution in [0.1, 0.15) is 32.1 Å². The van der Waals surface area contributed by atoms with Crippen molar-refractivity contribution >= 4 is 36.4 Å². The van der Waals surface area contributed by atoms with Gasteiger partial charge in [0.15, 0.2) is 0 Å². The Bertz CT molecular complexity index is 546. The average molecular weight is 360 g/mol. The van der Waals surface area contributed by atoms with Crippen molar-refractivity contribution in [1.82, 2.24) is 14.5 Å². The van der Waals surface area contributed by atoms with Gasteiger partial charge < -0.3 is 11.1 Å². The van der Waals surface area contributed by atoms with Gasteiger partial charge in [0.2, 0.25) is 5.91 Å². The molecule has 8 heteroatoms. The van der Waals surface area contributed by atoms with Gasteiger partial charge in [0.05, 0.1) is 11.9 Å². The molecular weight excluding hydrogens is 337 g/mol. The number of pyridine rings is 1. The van der Waals surface area contributed by atoms with Crippen molar-refractivity contribution in [2.45, 2.75) is 32.1 Å². The first-order valence-electron chi connectivity index (χ1n) is 7.24. The SMILES string of the molecule is Cl.Cl.NCCCCCCC(=O)Nc1ccc(-n2ccnc2)nc1. The zero-order chi connectivity index (χ0) is 14.9. The van der Waals surface area contributed by atoms with Gasteiger partial charge in [-0.3, -0.25) is 9.36 Å². The van der Waals surface area contributed by atoms with Gasteiger partial charge in [0.1, 0.15) is 12.1 Å². The van der Waals surface area contributed by atoms with E-state index in [-0.39, 0.29) is 30.7 Å². The van der Waals surface area contributed by atoms with E-state index in [0.29, 0.717) is 12.1 Å². The Labute approximate surface area is 148 Å². The minimum atomic E-state index is 0. The number of amides is 1. The molecule has 23 heavy (non-hydrogen) atoms. The fourth-order valence-electron chi connectivity index (χ4n) is 2.01. The second kappa shape index (κ2) is 11.9. The van der Waals surface area contributed by atoms with Gasteiger partial charge >= 0.3 is 0 Å². The van der Waals surface area contributed by atoms with E-state index in [2.05, 4.69) is 15.3 Å². The number of nitrogens with zero attached hydrogens (tertiary/aromatic N) is 3. The standard InChI is InChI=1S/C15H21N5O.2ClH/c16-8-4-2-1-3-5-15(21)19-13-6-7-14(18-11-13)20-10-9-17-12-20;;/h6-7,9-12H,1-5,8,16H2,(H,19,21);2*1H. The number of carbonyl (C=O) groups is 1. The molecule has 0 aromatic carbocycles. The highest BCUT2D eigenvalue weighted by Crippen LogP contribution is 2.11. The molecule has 0 aliphatic heterocycles. The minimum absolute atomic E-state index is 0. The third-order valence-electron chi connectivity index (χ3n) is 3.16. The van der Waals surface area contributed by atoms with Crippen LogP contribution in [0.25, 0.3) is 5.82 Å². The van der Waals surface area contributed by atoms with Gasteiger partial charge in [-0.1, -0.05) is 12.8 Å². The summed E-state index contributed by atoms with van der Waals surface area (Å²) in [6, 6.07) is 3.69. The van der Waals surface area contributed by atoms with Crippen LogP contribution in [0.4, 0.5) is 5.69 Å². The van der Waals surface area contributed by atoms with Crippen molar-refractivity contribution in [3.05, 3.63) is 37.1 Å². The molecule has 0 spiro atoms. The van der Waals surface area contributed by atoms with Gasteiger partial charge in [-0.15, -0.1) is 24.8 Å². The van der Waals surface area contributed by atoms with Crippen LogP contribution in [0.15, 0.2) is 37.1 Å². The molecule has 2 aromatic rings. The van der Waals surface area contributed by atoms with Crippen LogP contribution >= 0.6 is 24.8 Å². The van der Waals surface area contributed by atoms with Gasteiger partial charge in [-0.25, -0.2) is 9.97 Å². The van der Waals surface area contributed by atoms with Crippen LogP contribution in [-0.4, -0.2) is 27.0 Å². The van der Waals surface area contributed by atoms with Crippen LogP contribution in [0.3, 0.4) is 0 Å². The third-order valence-corrected chi connectivity index (χ3v) is 3.16. The molecule has 0 atom stereocenters. The van der Waals surface area contributed by atoms with E-state index in [1.807, 2.05) is 22.9 Å². The highest BCUT2D eigenvalue weighted by Gasteiger charge is 2.03.